The van der Waals surface area contributed by atoms with Crippen LogP contribution < -0.4 is 0 Å². The molecule has 1 aromatic heterocycles. The van der Waals surface area contributed by atoms with E-state index < -0.39 is 0 Å². The Hall–Kier alpha value is -1.01. The normalized spacial score (nSPS) is 11.1. The standard InChI is InChI=1S/C14H24N2O3S/c1-4-19-13(18)6-5-7-20-14-15-8-12(10-17)16(14)9-11(2)3/h8,11,17H,4-7,9-10H2,1-3H3. The maximum Gasteiger partial charge on any atom is 0.305 e. The molecule has 0 radical (unpaired) electrons. The lowest BCUT2D eigenvalue weighted by Crippen LogP contribution is -2.09. The van der Waals surface area contributed by atoms with Gasteiger partial charge in [-0.3, -0.25) is 4.79 Å². The predicted molar refractivity (Wildman–Crippen MR) is 79.6 cm³/mol. The largest absolute Gasteiger partial charge is 0.466 e. The summed E-state index contributed by atoms with van der Waals surface area (Å²) in [7, 11) is 0. The third-order valence-electron chi connectivity index (χ3n) is 2.67. The number of thioether (sulfide) groups is 1. The lowest BCUT2D eigenvalue weighted by molar-refractivity contribution is -0.143. The number of imidazole rings is 1. The van der Waals surface area contributed by atoms with Gasteiger partial charge in [0.15, 0.2) is 5.16 Å². The van der Waals surface area contributed by atoms with Crippen LogP contribution in [0.25, 0.3) is 0 Å². The molecule has 1 N–H and O–H groups in total. The molecule has 0 fully saturated rings. The second-order valence-corrected chi connectivity index (χ2v) is 6.01. The molecule has 0 atom stereocenters. The fourth-order valence-electron chi connectivity index (χ4n) is 1.81. The lowest BCUT2D eigenvalue weighted by atomic mass is 10.2. The number of nitrogens with zero attached hydrogens (tertiary/aromatic N) is 2. The molecule has 0 aliphatic rings. The summed E-state index contributed by atoms with van der Waals surface area (Å²) < 4.78 is 6.95. The first kappa shape index (κ1) is 17.0. The summed E-state index contributed by atoms with van der Waals surface area (Å²) in [6.45, 7) is 7.36. The summed E-state index contributed by atoms with van der Waals surface area (Å²) in [5.41, 5.74) is 0.839. The van der Waals surface area contributed by atoms with Crippen molar-refractivity contribution in [1.29, 1.82) is 0 Å². The number of esters is 1. The topological polar surface area (TPSA) is 64.3 Å². The van der Waals surface area contributed by atoms with Gasteiger partial charge in [0, 0.05) is 18.7 Å². The number of aliphatic hydroxyl groups excluding tert-OH is 1. The average Bonchev–Trinajstić information content (AvgIpc) is 2.76. The van der Waals surface area contributed by atoms with Crippen LogP contribution in [0.4, 0.5) is 0 Å². The summed E-state index contributed by atoms with van der Waals surface area (Å²) in [4.78, 5) is 15.6. The zero-order valence-electron chi connectivity index (χ0n) is 12.5. The molecule has 0 bridgehead atoms. The molecule has 114 valence electrons. The Balaban J connectivity index is 2.47. The minimum atomic E-state index is -0.144. The Morgan fingerprint density at radius 2 is 2.30 bits per heavy atom. The number of hydrogen-bond acceptors (Lipinski definition) is 5. The van der Waals surface area contributed by atoms with Crippen LogP contribution >= 0.6 is 11.8 Å². The summed E-state index contributed by atoms with van der Waals surface area (Å²) >= 11 is 1.62. The SMILES string of the molecule is CCOC(=O)CCCSc1ncc(CO)n1CC(C)C. The van der Waals surface area contributed by atoms with Crippen LogP contribution in [0, 0.1) is 5.92 Å². The molecule has 1 heterocycles. The predicted octanol–water partition coefficient (Wildman–Crippen LogP) is 2.47. The summed E-state index contributed by atoms with van der Waals surface area (Å²) in [6, 6.07) is 0. The van der Waals surface area contributed by atoms with Crippen molar-refractivity contribution >= 4 is 17.7 Å². The molecule has 0 amide bonds. The second kappa shape index (κ2) is 9.02. The summed E-state index contributed by atoms with van der Waals surface area (Å²) in [5.74, 6) is 1.17. The van der Waals surface area contributed by atoms with Crippen molar-refractivity contribution in [3.63, 3.8) is 0 Å². The van der Waals surface area contributed by atoms with Gasteiger partial charge in [-0.2, -0.15) is 0 Å². The van der Waals surface area contributed by atoms with Crippen molar-refractivity contribution in [2.24, 2.45) is 5.92 Å². The van der Waals surface area contributed by atoms with Gasteiger partial charge in [0.25, 0.3) is 0 Å². The Morgan fingerprint density at radius 1 is 1.55 bits per heavy atom. The Kier molecular flexibility index (Phi) is 7.69. The van der Waals surface area contributed by atoms with E-state index >= 15 is 0 Å². The molecular formula is C14H24N2O3S. The number of hydrogen-bond donors (Lipinski definition) is 1. The molecule has 0 spiro atoms. The van der Waals surface area contributed by atoms with Crippen molar-refractivity contribution in [2.75, 3.05) is 12.4 Å². The van der Waals surface area contributed by atoms with Crippen molar-refractivity contribution in [2.45, 2.75) is 51.9 Å². The zero-order valence-corrected chi connectivity index (χ0v) is 13.3. The van der Waals surface area contributed by atoms with Gasteiger partial charge in [-0.1, -0.05) is 25.6 Å². The molecule has 0 saturated heterocycles. The smallest absolute Gasteiger partial charge is 0.305 e. The monoisotopic (exact) mass is 300 g/mol. The van der Waals surface area contributed by atoms with E-state index in [9.17, 15) is 9.90 Å². The number of rotatable bonds is 9. The highest BCUT2D eigenvalue weighted by Gasteiger charge is 2.11. The lowest BCUT2D eigenvalue weighted by Gasteiger charge is -2.12. The maximum absolute atomic E-state index is 11.2. The number of carbonyl (C=O) groups is 1. The zero-order chi connectivity index (χ0) is 15.0. The molecule has 1 aromatic rings. The summed E-state index contributed by atoms with van der Waals surface area (Å²) in [6.07, 6.45) is 2.93. The van der Waals surface area contributed by atoms with E-state index in [1.165, 1.54) is 0 Å². The first-order valence-electron chi connectivity index (χ1n) is 7.02. The molecule has 5 nitrogen and oxygen atoms in total. The first-order valence-corrected chi connectivity index (χ1v) is 8.00. The molecule has 0 unspecified atom stereocenters. The third-order valence-corrected chi connectivity index (χ3v) is 3.75. The number of ether oxygens (including phenoxy) is 1. The van der Waals surface area contributed by atoms with Gasteiger partial charge in [-0.15, -0.1) is 0 Å². The van der Waals surface area contributed by atoms with Gasteiger partial charge in [0.05, 0.1) is 25.1 Å². The van der Waals surface area contributed by atoms with E-state index in [-0.39, 0.29) is 12.6 Å². The molecule has 6 heteroatoms. The van der Waals surface area contributed by atoms with Crippen molar-refractivity contribution < 1.29 is 14.6 Å². The van der Waals surface area contributed by atoms with Crippen LogP contribution in [0.3, 0.4) is 0 Å². The van der Waals surface area contributed by atoms with Crippen LogP contribution in [0.2, 0.25) is 0 Å². The van der Waals surface area contributed by atoms with Crippen LogP contribution in [0.1, 0.15) is 39.3 Å². The second-order valence-electron chi connectivity index (χ2n) is 4.95. The van der Waals surface area contributed by atoms with Gasteiger partial charge in [0.2, 0.25) is 0 Å². The fourth-order valence-corrected chi connectivity index (χ4v) is 2.75. The van der Waals surface area contributed by atoms with E-state index in [1.807, 2.05) is 6.92 Å². The van der Waals surface area contributed by atoms with Crippen LogP contribution in [0.15, 0.2) is 11.4 Å². The van der Waals surface area contributed by atoms with E-state index in [0.717, 1.165) is 29.6 Å². The van der Waals surface area contributed by atoms with E-state index in [1.54, 1.807) is 18.0 Å². The van der Waals surface area contributed by atoms with Gasteiger partial charge >= 0.3 is 5.97 Å². The van der Waals surface area contributed by atoms with Crippen molar-refractivity contribution in [3.05, 3.63) is 11.9 Å². The van der Waals surface area contributed by atoms with Crippen LogP contribution in [0.5, 0.6) is 0 Å². The highest BCUT2D eigenvalue weighted by atomic mass is 32.2. The molecule has 20 heavy (non-hydrogen) atoms. The molecular weight excluding hydrogens is 276 g/mol. The highest BCUT2D eigenvalue weighted by molar-refractivity contribution is 7.99. The van der Waals surface area contributed by atoms with E-state index in [0.29, 0.717) is 18.9 Å². The van der Waals surface area contributed by atoms with E-state index in [4.69, 9.17) is 4.74 Å². The van der Waals surface area contributed by atoms with Crippen LogP contribution in [-0.4, -0.2) is 33.0 Å². The first-order chi connectivity index (χ1) is 9.58. The molecule has 0 saturated carbocycles. The average molecular weight is 300 g/mol. The van der Waals surface area contributed by atoms with E-state index in [2.05, 4.69) is 23.4 Å². The minimum absolute atomic E-state index is 0.00308. The quantitative estimate of drug-likeness (QED) is 0.431. The maximum atomic E-state index is 11.2. The van der Waals surface area contributed by atoms with Crippen molar-refractivity contribution in [1.82, 2.24) is 9.55 Å². The number of aromatic nitrogens is 2. The molecule has 0 aromatic carbocycles. The molecule has 1 rings (SSSR count). The van der Waals surface area contributed by atoms with Gasteiger partial charge in [0.1, 0.15) is 0 Å². The third kappa shape index (κ3) is 5.54. The molecule has 0 aliphatic carbocycles. The number of carbonyl (C=O) groups excluding carboxylic acids is 1. The highest BCUT2D eigenvalue weighted by Crippen LogP contribution is 2.21. The van der Waals surface area contributed by atoms with Gasteiger partial charge < -0.3 is 14.4 Å². The number of aliphatic hydroxyl groups is 1. The summed E-state index contributed by atoms with van der Waals surface area (Å²) in [5, 5.41) is 10.2. The van der Waals surface area contributed by atoms with Crippen LogP contribution in [-0.2, 0) is 22.7 Å². The fraction of sp³-hybridized carbons (Fsp3) is 0.714. The Labute approximate surface area is 124 Å². The van der Waals surface area contributed by atoms with Gasteiger partial charge in [-0.25, -0.2) is 4.98 Å². The van der Waals surface area contributed by atoms with Gasteiger partial charge in [-0.05, 0) is 19.3 Å². The Morgan fingerprint density at radius 3 is 2.90 bits per heavy atom. The Bertz CT molecular complexity index is 419. The molecule has 0 aliphatic heterocycles. The minimum Gasteiger partial charge on any atom is -0.466 e. The van der Waals surface area contributed by atoms with Crippen molar-refractivity contribution in [3.8, 4) is 0 Å².